The fourth-order valence-corrected chi connectivity index (χ4v) is 4.77. The number of ether oxygens (including phenoxy) is 1. The van der Waals surface area contributed by atoms with Gasteiger partial charge in [0.05, 0.1) is 23.8 Å². The Kier molecular flexibility index (Phi) is 6.08. The van der Waals surface area contributed by atoms with Crippen LogP contribution in [0.15, 0.2) is 29.3 Å². The van der Waals surface area contributed by atoms with Gasteiger partial charge in [-0.2, -0.15) is 0 Å². The maximum absolute atomic E-state index is 13.5. The smallest absolute Gasteiger partial charge is 0.308 e. The first-order chi connectivity index (χ1) is 14.9. The van der Waals surface area contributed by atoms with E-state index in [0.29, 0.717) is 11.5 Å². The Morgan fingerprint density at radius 1 is 1.23 bits per heavy atom. The number of halogens is 2. The third kappa shape index (κ3) is 4.63. The standard InChI is InChI=1S/C21H19F2N3O4S/c22-12-5-6-15(14(23)9-12)25-17(27)10-30-18(28)7-8-26-11-24-20-19(21(26)29)13-3-1-2-4-16(13)31-20/h5-6,9,11H,1-4,7-8,10H2,(H,25,27). The molecule has 2 heterocycles. The molecule has 7 nitrogen and oxygen atoms in total. The van der Waals surface area contributed by atoms with Crippen LogP contribution in [0.4, 0.5) is 14.5 Å². The van der Waals surface area contributed by atoms with Crippen molar-refractivity contribution in [2.75, 3.05) is 11.9 Å². The van der Waals surface area contributed by atoms with Crippen LogP contribution in [0.2, 0.25) is 0 Å². The van der Waals surface area contributed by atoms with Gasteiger partial charge in [0.1, 0.15) is 16.5 Å². The van der Waals surface area contributed by atoms with Gasteiger partial charge in [0, 0.05) is 17.5 Å². The van der Waals surface area contributed by atoms with Crippen molar-refractivity contribution in [2.24, 2.45) is 0 Å². The predicted molar refractivity (Wildman–Crippen MR) is 111 cm³/mol. The number of aromatic nitrogens is 2. The molecule has 0 unspecified atom stereocenters. The molecular weight excluding hydrogens is 428 g/mol. The first-order valence-corrected chi connectivity index (χ1v) is 10.6. The van der Waals surface area contributed by atoms with E-state index in [4.69, 9.17) is 4.74 Å². The van der Waals surface area contributed by atoms with Gasteiger partial charge in [-0.25, -0.2) is 13.8 Å². The zero-order valence-corrected chi connectivity index (χ0v) is 17.3. The van der Waals surface area contributed by atoms with Crippen LogP contribution in [-0.2, 0) is 33.7 Å². The number of nitrogens with one attached hydrogen (secondary N) is 1. The summed E-state index contributed by atoms with van der Waals surface area (Å²) >= 11 is 1.55. The predicted octanol–water partition coefficient (Wildman–Crippen LogP) is 3.19. The molecule has 1 amide bonds. The van der Waals surface area contributed by atoms with E-state index in [2.05, 4.69) is 10.3 Å². The van der Waals surface area contributed by atoms with Gasteiger partial charge in [-0.1, -0.05) is 0 Å². The lowest BCUT2D eigenvalue weighted by Crippen LogP contribution is -2.25. The Labute approximate surface area is 179 Å². The summed E-state index contributed by atoms with van der Waals surface area (Å²) in [4.78, 5) is 43.0. The van der Waals surface area contributed by atoms with E-state index in [1.165, 1.54) is 15.8 Å². The van der Waals surface area contributed by atoms with Crippen molar-refractivity contribution in [3.63, 3.8) is 0 Å². The fraction of sp³-hybridized carbons (Fsp3) is 0.333. The molecule has 2 aromatic heterocycles. The molecule has 162 valence electrons. The normalized spacial score (nSPS) is 13.1. The van der Waals surface area contributed by atoms with Gasteiger partial charge in [-0.05, 0) is 43.4 Å². The SMILES string of the molecule is O=C(COC(=O)CCn1cnc2sc3c(c2c1=O)CCCC3)Nc1ccc(F)cc1F. The van der Waals surface area contributed by atoms with Crippen molar-refractivity contribution in [1.29, 1.82) is 0 Å². The van der Waals surface area contributed by atoms with Crippen molar-refractivity contribution in [2.45, 2.75) is 38.6 Å². The van der Waals surface area contributed by atoms with E-state index in [0.717, 1.165) is 48.2 Å². The zero-order chi connectivity index (χ0) is 22.0. The molecule has 0 radical (unpaired) electrons. The summed E-state index contributed by atoms with van der Waals surface area (Å²) in [5, 5.41) is 2.84. The monoisotopic (exact) mass is 447 g/mol. The number of fused-ring (bicyclic) bond motifs is 3. The molecule has 31 heavy (non-hydrogen) atoms. The highest BCUT2D eigenvalue weighted by molar-refractivity contribution is 7.18. The zero-order valence-electron chi connectivity index (χ0n) is 16.5. The minimum absolute atomic E-state index is 0.0689. The number of thiophene rings is 1. The maximum Gasteiger partial charge on any atom is 0.308 e. The number of esters is 1. The van der Waals surface area contributed by atoms with Crippen molar-refractivity contribution >= 4 is 39.1 Å². The molecule has 10 heteroatoms. The number of amides is 1. The van der Waals surface area contributed by atoms with Crippen LogP contribution in [-0.4, -0.2) is 28.0 Å². The molecule has 0 fully saturated rings. The van der Waals surface area contributed by atoms with E-state index in [1.54, 1.807) is 11.3 Å². The molecule has 0 saturated heterocycles. The second-order valence-electron chi connectivity index (χ2n) is 7.22. The van der Waals surface area contributed by atoms with Crippen molar-refractivity contribution in [3.8, 4) is 0 Å². The quantitative estimate of drug-likeness (QED) is 0.586. The number of anilines is 1. The lowest BCUT2D eigenvalue weighted by molar-refractivity contribution is -0.147. The number of hydrogen-bond donors (Lipinski definition) is 1. The topological polar surface area (TPSA) is 90.3 Å². The van der Waals surface area contributed by atoms with Crippen molar-refractivity contribution < 1.29 is 23.1 Å². The number of carbonyl (C=O) groups is 2. The minimum atomic E-state index is -0.933. The summed E-state index contributed by atoms with van der Waals surface area (Å²) in [6.07, 6.45) is 5.28. The highest BCUT2D eigenvalue weighted by Gasteiger charge is 2.20. The van der Waals surface area contributed by atoms with Gasteiger partial charge in [-0.3, -0.25) is 19.0 Å². The highest BCUT2D eigenvalue weighted by atomic mass is 32.1. The van der Waals surface area contributed by atoms with Crippen LogP contribution in [0.1, 0.15) is 29.7 Å². The Morgan fingerprint density at radius 2 is 2.03 bits per heavy atom. The van der Waals surface area contributed by atoms with E-state index in [1.807, 2.05) is 0 Å². The third-order valence-corrected chi connectivity index (χ3v) is 6.27. The van der Waals surface area contributed by atoms with Crippen LogP contribution in [0.3, 0.4) is 0 Å². The lowest BCUT2D eigenvalue weighted by Gasteiger charge is -2.10. The molecule has 4 rings (SSSR count). The maximum atomic E-state index is 13.5. The van der Waals surface area contributed by atoms with Crippen LogP contribution >= 0.6 is 11.3 Å². The van der Waals surface area contributed by atoms with Crippen molar-refractivity contribution in [1.82, 2.24) is 9.55 Å². The number of aryl methyl sites for hydroxylation is 3. The van der Waals surface area contributed by atoms with Gasteiger partial charge >= 0.3 is 5.97 Å². The van der Waals surface area contributed by atoms with Gasteiger partial charge in [-0.15, -0.1) is 11.3 Å². The van der Waals surface area contributed by atoms with E-state index < -0.39 is 30.1 Å². The van der Waals surface area contributed by atoms with E-state index in [9.17, 15) is 23.2 Å². The summed E-state index contributed by atoms with van der Waals surface area (Å²) in [5.74, 6) is -3.15. The second-order valence-corrected chi connectivity index (χ2v) is 8.30. The molecule has 0 spiro atoms. The third-order valence-electron chi connectivity index (χ3n) is 5.07. The Hall–Kier alpha value is -3.14. The Morgan fingerprint density at radius 3 is 2.84 bits per heavy atom. The number of benzene rings is 1. The van der Waals surface area contributed by atoms with Gasteiger partial charge in [0.25, 0.3) is 11.5 Å². The summed E-state index contributed by atoms with van der Waals surface area (Å²) in [6.45, 7) is -0.556. The molecule has 0 aliphatic heterocycles. The summed E-state index contributed by atoms with van der Waals surface area (Å²) < 4.78 is 32.7. The number of hydrogen-bond acceptors (Lipinski definition) is 6. The summed E-state index contributed by atoms with van der Waals surface area (Å²) in [6, 6.07) is 2.70. The highest BCUT2D eigenvalue weighted by Crippen LogP contribution is 2.33. The Balaban J connectivity index is 1.33. The molecule has 1 N–H and O–H groups in total. The summed E-state index contributed by atoms with van der Waals surface area (Å²) in [5.41, 5.74) is 0.680. The van der Waals surface area contributed by atoms with Crippen LogP contribution in [0.5, 0.6) is 0 Å². The van der Waals surface area contributed by atoms with E-state index >= 15 is 0 Å². The van der Waals surface area contributed by atoms with Crippen LogP contribution < -0.4 is 10.9 Å². The average Bonchev–Trinajstić information content (AvgIpc) is 3.13. The molecule has 1 aromatic carbocycles. The van der Waals surface area contributed by atoms with E-state index in [-0.39, 0.29) is 24.2 Å². The largest absolute Gasteiger partial charge is 0.456 e. The van der Waals surface area contributed by atoms with Crippen LogP contribution in [0.25, 0.3) is 10.2 Å². The fourth-order valence-electron chi connectivity index (χ4n) is 3.55. The van der Waals surface area contributed by atoms with Gasteiger partial charge in [0.15, 0.2) is 6.61 Å². The molecular formula is C21H19F2N3O4S. The second kappa shape index (κ2) is 8.93. The first kappa shape index (κ1) is 21.1. The molecule has 0 bridgehead atoms. The first-order valence-electron chi connectivity index (χ1n) is 9.82. The number of rotatable bonds is 6. The molecule has 3 aromatic rings. The number of carbonyl (C=O) groups excluding carboxylic acids is 2. The minimum Gasteiger partial charge on any atom is -0.456 e. The average molecular weight is 447 g/mol. The van der Waals surface area contributed by atoms with Crippen LogP contribution in [0, 0.1) is 11.6 Å². The number of nitrogens with zero attached hydrogens (tertiary/aromatic N) is 2. The molecule has 0 saturated carbocycles. The van der Waals surface area contributed by atoms with Gasteiger partial charge < -0.3 is 10.1 Å². The van der Waals surface area contributed by atoms with Crippen molar-refractivity contribution in [3.05, 3.63) is 57.0 Å². The summed E-state index contributed by atoms with van der Waals surface area (Å²) in [7, 11) is 0. The van der Waals surface area contributed by atoms with Gasteiger partial charge in [0.2, 0.25) is 0 Å². The Bertz CT molecular complexity index is 1220. The molecule has 0 atom stereocenters. The lowest BCUT2D eigenvalue weighted by atomic mass is 9.97. The molecule has 1 aliphatic carbocycles. The molecule has 1 aliphatic rings.